The Morgan fingerprint density at radius 1 is 1.08 bits per heavy atom. The molecule has 4 nitrogen and oxygen atoms in total. The highest BCUT2D eigenvalue weighted by molar-refractivity contribution is 8.17. The SMILES string of the molecule is O=C=NC1CC(N=C=O)SCS1. The number of hydrogen-bond acceptors (Lipinski definition) is 6. The van der Waals surface area contributed by atoms with Gasteiger partial charge in [-0.05, 0) is 0 Å². The summed E-state index contributed by atoms with van der Waals surface area (Å²) in [6.45, 7) is 0. The van der Waals surface area contributed by atoms with Crippen molar-refractivity contribution in [3.05, 3.63) is 0 Å². The van der Waals surface area contributed by atoms with Crippen molar-refractivity contribution in [2.24, 2.45) is 9.98 Å². The number of nitrogens with zero attached hydrogens (tertiary/aromatic N) is 2. The standard InChI is InChI=1S/C6H6N2O2S2/c9-2-7-5-1-6(8-3-10)12-4-11-5/h5-6H,1,4H2. The Morgan fingerprint density at radius 3 is 2.00 bits per heavy atom. The largest absolute Gasteiger partial charge is 0.236 e. The van der Waals surface area contributed by atoms with Gasteiger partial charge < -0.3 is 0 Å². The zero-order valence-electron chi connectivity index (χ0n) is 6.10. The number of rotatable bonds is 2. The molecule has 64 valence electrons. The maximum absolute atomic E-state index is 9.92. The molecule has 1 rings (SSSR count). The summed E-state index contributed by atoms with van der Waals surface area (Å²) in [5.74, 6) is 0. The number of aliphatic imine (C=N–C) groups is 2. The summed E-state index contributed by atoms with van der Waals surface area (Å²) in [5, 5.41) is 0.614. The van der Waals surface area contributed by atoms with Gasteiger partial charge in [0, 0.05) is 11.5 Å². The Balaban J connectivity index is 2.50. The first-order chi connectivity index (χ1) is 5.86. The maximum atomic E-state index is 9.92. The summed E-state index contributed by atoms with van der Waals surface area (Å²) >= 11 is 3.12. The topological polar surface area (TPSA) is 58.9 Å². The molecular weight excluding hydrogens is 196 g/mol. The van der Waals surface area contributed by atoms with Crippen molar-refractivity contribution in [2.45, 2.75) is 17.2 Å². The van der Waals surface area contributed by atoms with Crippen LogP contribution >= 0.6 is 23.5 Å². The first kappa shape index (κ1) is 9.55. The van der Waals surface area contributed by atoms with E-state index in [9.17, 15) is 9.59 Å². The zero-order chi connectivity index (χ0) is 8.81. The second kappa shape index (κ2) is 5.17. The van der Waals surface area contributed by atoms with Gasteiger partial charge in [0.15, 0.2) is 0 Å². The van der Waals surface area contributed by atoms with Crippen molar-refractivity contribution < 1.29 is 9.59 Å². The molecule has 12 heavy (non-hydrogen) atoms. The Bertz CT molecular complexity index is 222. The fourth-order valence-electron chi connectivity index (χ4n) is 0.802. The van der Waals surface area contributed by atoms with Crippen molar-refractivity contribution >= 4 is 35.7 Å². The highest BCUT2D eigenvalue weighted by Crippen LogP contribution is 2.34. The molecule has 0 radical (unpaired) electrons. The number of carbonyl (C=O) groups excluding carboxylic acids is 2. The summed E-state index contributed by atoms with van der Waals surface area (Å²) in [4.78, 5) is 27.0. The fraction of sp³-hybridized carbons (Fsp3) is 0.667. The minimum Gasteiger partial charge on any atom is -0.211 e. The lowest BCUT2D eigenvalue weighted by Crippen LogP contribution is -2.14. The molecule has 0 N–H and O–H groups in total. The van der Waals surface area contributed by atoms with E-state index >= 15 is 0 Å². The van der Waals surface area contributed by atoms with Crippen LogP contribution in [0.3, 0.4) is 0 Å². The van der Waals surface area contributed by atoms with Gasteiger partial charge in [0.05, 0.1) is 0 Å². The van der Waals surface area contributed by atoms with E-state index in [1.165, 1.54) is 12.2 Å². The summed E-state index contributed by atoms with van der Waals surface area (Å²) in [6, 6.07) is 0. The van der Waals surface area contributed by atoms with Gasteiger partial charge in [-0.2, -0.15) is 9.98 Å². The van der Waals surface area contributed by atoms with Gasteiger partial charge in [-0.25, -0.2) is 9.59 Å². The molecule has 1 heterocycles. The van der Waals surface area contributed by atoms with E-state index in [-0.39, 0.29) is 10.7 Å². The van der Waals surface area contributed by atoms with Crippen molar-refractivity contribution in [2.75, 3.05) is 5.08 Å². The first-order valence-corrected chi connectivity index (χ1v) is 5.33. The second-order valence-electron chi connectivity index (χ2n) is 2.04. The summed E-state index contributed by atoms with van der Waals surface area (Å²) < 4.78 is 0. The lowest BCUT2D eigenvalue weighted by Gasteiger charge is -2.20. The van der Waals surface area contributed by atoms with Crippen molar-refractivity contribution in [1.29, 1.82) is 0 Å². The molecule has 0 aromatic rings. The van der Waals surface area contributed by atoms with Gasteiger partial charge in [-0.3, -0.25) is 0 Å². The van der Waals surface area contributed by atoms with E-state index < -0.39 is 0 Å². The average molecular weight is 202 g/mol. The normalized spacial score (nSPS) is 28.3. The molecule has 1 aliphatic rings. The molecule has 0 aliphatic carbocycles. The van der Waals surface area contributed by atoms with E-state index in [0.29, 0.717) is 6.42 Å². The molecule has 1 saturated heterocycles. The van der Waals surface area contributed by atoms with Gasteiger partial charge in [0.25, 0.3) is 0 Å². The number of isocyanates is 2. The molecule has 2 atom stereocenters. The molecule has 0 amide bonds. The van der Waals surface area contributed by atoms with Crippen LogP contribution in [-0.4, -0.2) is 28.0 Å². The smallest absolute Gasteiger partial charge is 0.211 e. The molecule has 2 unspecified atom stereocenters. The van der Waals surface area contributed by atoms with Crippen LogP contribution in [0.5, 0.6) is 0 Å². The fourth-order valence-corrected chi connectivity index (χ4v) is 3.37. The summed E-state index contributed by atoms with van der Waals surface area (Å²) in [6.07, 6.45) is 3.62. The van der Waals surface area contributed by atoms with Crippen LogP contribution in [0.4, 0.5) is 0 Å². The lowest BCUT2D eigenvalue weighted by molar-refractivity contribution is 0.558. The molecule has 6 heteroatoms. The van der Waals surface area contributed by atoms with Gasteiger partial charge in [-0.1, -0.05) is 0 Å². The third-order valence-electron chi connectivity index (χ3n) is 1.32. The van der Waals surface area contributed by atoms with Crippen LogP contribution in [0, 0.1) is 0 Å². The Hall–Kier alpha value is -0.540. The van der Waals surface area contributed by atoms with Crippen LogP contribution in [0.15, 0.2) is 9.98 Å². The van der Waals surface area contributed by atoms with Crippen LogP contribution in [0.1, 0.15) is 6.42 Å². The number of hydrogen-bond donors (Lipinski definition) is 0. The molecule has 0 saturated carbocycles. The van der Waals surface area contributed by atoms with Gasteiger partial charge in [0.2, 0.25) is 12.2 Å². The van der Waals surface area contributed by atoms with E-state index in [1.54, 1.807) is 23.5 Å². The maximum Gasteiger partial charge on any atom is 0.236 e. The quantitative estimate of drug-likeness (QED) is 0.497. The zero-order valence-corrected chi connectivity index (χ0v) is 7.73. The predicted octanol–water partition coefficient (Wildman–Crippen LogP) is 1.14. The average Bonchev–Trinajstić information content (AvgIpc) is 2.06. The minimum absolute atomic E-state index is 0.0918. The molecule has 1 aliphatic heterocycles. The first-order valence-electron chi connectivity index (χ1n) is 3.24. The molecule has 0 bridgehead atoms. The van der Waals surface area contributed by atoms with E-state index in [1.807, 2.05) is 0 Å². The molecular formula is C6H6N2O2S2. The minimum atomic E-state index is -0.0918. The molecule has 0 aromatic heterocycles. The summed E-state index contributed by atoms with van der Waals surface area (Å²) in [7, 11) is 0. The molecule has 0 spiro atoms. The highest BCUT2D eigenvalue weighted by atomic mass is 32.2. The Labute approximate surface area is 77.9 Å². The highest BCUT2D eigenvalue weighted by Gasteiger charge is 2.21. The van der Waals surface area contributed by atoms with Gasteiger partial charge in [0.1, 0.15) is 10.7 Å². The van der Waals surface area contributed by atoms with Crippen molar-refractivity contribution in [3.63, 3.8) is 0 Å². The Morgan fingerprint density at radius 2 is 1.58 bits per heavy atom. The van der Waals surface area contributed by atoms with Crippen LogP contribution in [0.2, 0.25) is 0 Å². The summed E-state index contributed by atoms with van der Waals surface area (Å²) in [5.41, 5.74) is 0. The van der Waals surface area contributed by atoms with E-state index in [2.05, 4.69) is 9.98 Å². The molecule has 1 fully saturated rings. The predicted molar refractivity (Wildman–Crippen MR) is 48.5 cm³/mol. The molecule has 0 aromatic carbocycles. The second-order valence-corrected chi connectivity index (χ2v) is 4.73. The van der Waals surface area contributed by atoms with Crippen LogP contribution < -0.4 is 0 Å². The van der Waals surface area contributed by atoms with E-state index in [4.69, 9.17) is 0 Å². The monoisotopic (exact) mass is 202 g/mol. The Kier molecular flexibility index (Phi) is 4.11. The number of thioether (sulfide) groups is 2. The van der Waals surface area contributed by atoms with E-state index in [0.717, 1.165) is 5.08 Å². The van der Waals surface area contributed by atoms with Crippen molar-refractivity contribution in [1.82, 2.24) is 0 Å². The third-order valence-corrected chi connectivity index (χ3v) is 3.77. The lowest BCUT2D eigenvalue weighted by atomic mass is 10.4. The third kappa shape index (κ3) is 2.83. The van der Waals surface area contributed by atoms with Gasteiger partial charge in [-0.15, -0.1) is 23.5 Å². The van der Waals surface area contributed by atoms with Crippen molar-refractivity contribution in [3.8, 4) is 0 Å². The van der Waals surface area contributed by atoms with Crippen LogP contribution in [-0.2, 0) is 9.59 Å². The van der Waals surface area contributed by atoms with Crippen LogP contribution in [0.25, 0.3) is 0 Å². The van der Waals surface area contributed by atoms with Gasteiger partial charge >= 0.3 is 0 Å².